The second-order valence-corrected chi connectivity index (χ2v) is 6.92. The quantitative estimate of drug-likeness (QED) is 0.758. The van der Waals surface area contributed by atoms with E-state index in [0.717, 1.165) is 5.57 Å². The number of carbonyl (C=O) groups is 1. The summed E-state index contributed by atoms with van der Waals surface area (Å²) in [6.45, 7) is 10.00. The van der Waals surface area contributed by atoms with Crippen LogP contribution in [0.5, 0.6) is 0 Å². The van der Waals surface area contributed by atoms with Crippen LogP contribution in [0.1, 0.15) is 31.1 Å². The monoisotopic (exact) mass is 295 g/mol. The molecule has 1 aromatic carbocycles. The number of amides is 1. The van der Waals surface area contributed by atoms with Gasteiger partial charge < -0.3 is 4.90 Å². The highest BCUT2D eigenvalue weighted by Crippen LogP contribution is 2.19. The molecule has 1 aromatic rings. The van der Waals surface area contributed by atoms with Crippen LogP contribution in [0.3, 0.4) is 0 Å². The number of hydrogen-bond acceptors (Lipinski definition) is 3. The molecule has 1 amide bonds. The Morgan fingerprint density at radius 1 is 1.25 bits per heavy atom. The van der Waals surface area contributed by atoms with Crippen molar-refractivity contribution >= 4 is 15.7 Å². The van der Waals surface area contributed by atoms with E-state index in [1.54, 1.807) is 30.0 Å². The average Bonchev–Trinajstić information content (AvgIpc) is 2.43. The van der Waals surface area contributed by atoms with E-state index in [0.29, 0.717) is 13.1 Å². The molecule has 0 fully saturated rings. The van der Waals surface area contributed by atoms with Crippen molar-refractivity contribution in [2.45, 2.75) is 25.7 Å². The topological polar surface area (TPSA) is 54.5 Å². The SMILES string of the molecule is C=C(C)CN(CC)C(=O)c1ccccc1S(=O)(=O)CC. The molecule has 0 N–H and O–H groups in total. The lowest BCUT2D eigenvalue weighted by Gasteiger charge is -2.22. The molecule has 0 aliphatic rings. The van der Waals surface area contributed by atoms with Crippen molar-refractivity contribution in [2.75, 3.05) is 18.8 Å². The second kappa shape index (κ2) is 6.70. The van der Waals surface area contributed by atoms with Crippen LogP contribution in [0.2, 0.25) is 0 Å². The molecule has 4 nitrogen and oxygen atoms in total. The smallest absolute Gasteiger partial charge is 0.255 e. The van der Waals surface area contributed by atoms with Gasteiger partial charge in [-0.1, -0.05) is 31.2 Å². The van der Waals surface area contributed by atoms with E-state index in [2.05, 4.69) is 6.58 Å². The predicted octanol–water partition coefficient (Wildman–Crippen LogP) is 2.52. The fourth-order valence-electron chi connectivity index (χ4n) is 1.89. The maximum absolute atomic E-state index is 12.5. The van der Waals surface area contributed by atoms with Crippen molar-refractivity contribution in [1.29, 1.82) is 0 Å². The van der Waals surface area contributed by atoms with Crippen LogP contribution in [0.25, 0.3) is 0 Å². The summed E-state index contributed by atoms with van der Waals surface area (Å²) in [6, 6.07) is 6.36. The molecule has 0 saturated heterocycles. The van der Waals surface area contributed by atoms with Crippen LogP contribution >= 0.6 is 0 Å². The minimum Gasteiger partial charge on any atom is -0.335 e. The molecule has 1 rings (SSSR count). The molecule has 5 heteroatoms. The number of carbonyl (C=O) groups excluding carboxylic acids is 1. The Labute approximate surface area is 121 Å². The Balaban J connectivity index is 3.26. The third kappa shape index (κ3) is 3.70. The lowest BCUT2D eigenvalue weighted by Crippen LogP contribution is -2.33. The van der Waals surface area contributed by atoms with Gasteiger partial charge in [0, 0.05) is 13.1 Å². The molecule has 0 saturated carbocycles. The fourth-order valence-corrected chi connectivity index (χ4v) is 2.98. The van der Waals surface area contributed by atoms with Gasteiger partial charge in [-0.2, -0.15) is 0 Å². The van der Waals surface area contributed by atoms with Gasteiger partial charge in [0.25, 0.3) is 5.91 Å². The maximum atomic E-state index is 12.5. The Bertz CT molecular complexity index is 605. The van der Waals surface area contributed by atoms with Gasteiger partial charge in [-0.25, -0.2) is 8.42 Å². The molecule has 0 radical (unpaired) electrons. The van der Waals surface area contributed by atoms with Crippen LogP contribution in [-0.4, -0.2) is 38.1 Å². The summed E-state index contributed by atoms with van der Waals surface area (Å²) >= 11 is 0. The van der Waals surface area contributed by atoms with Crippen molar-refractivity contribution in [3.05, 3.63) is 42.0 Å². The second-order valence-electron chi connectivity index (χ2n) is 4.68. The molecule has 0 spiro atoms. The highest BCUT2D eigenvalue weighted by Gasteiger charge is 2.23. The van der Waals surface area contributed by atoms with Gasteiger partial charge in [0.15, 0.2) is 9.84 Å². The van der Waals surface area contributed by atoms with Gasteiger partial charge in [-0.3, -0.25) is 4.79 Å². The maximum Gasteiger partial charge on any atom is 0.255 e. The number of sulfone groups is 1. The molecule has 0 unspecified atom stereocenters. The normalized spacial score (nSPS) is 11.2. The number of rotatable bonds is 6. The summed E-state index contributed by atoms with van der Waals surface area (Å²) in [5.74, 6) is -0.299. The van der Waals surface area contributed by atoms with E-state index in [9.17, 15) is 13.2 Å². The third-order valence-corrected chi connectivity index (χ3v) is 4.75. The molecular weight excluding hydrogens is 274 g/mol. The van der Waals surface area contributed by atoms with E-state index in [-0.39, 0.29) is 22.1 Å². The lowest BCUT2D eigenvalue weighted by atomic mass is 10.2. The van der Waals surface area contributed by atoms with Gasteiger partial charge in [-0.05, 0) is 26.0 Å². The third-order valence-electron chi connectivity index (χ3n) is 2.96. The van der Waals surface area contributed by atoms with Crippen LogP contribution in [0.15, 0.2) is 41.3 Å². The first-order valence-electron chi connectivity index (χ1n) is 6.58. The lowest BCUT2D eigenvalue weighted by molar-refractivity contribution is 0.0774. The predicted molar refractivity (Wildman–Crippen MR) is 80.6 cm³/mol. The number of nitrogens with zero attached hydrogens (tertiary/aromatic N) is 1. The molecule has 0 bridgehead atoms. The Kier molecular flexibility index (Phi) is 5.51. The van der Waals surface area contributed by atoms with Crippen LogP contribution in [0, 0.1) is 0 Å². The minimum absolute atomic E-state index is 0.0239. The summed E-state index contributed by atoms with van der Waals surface area (Å²) in [5.41, 5.74) is 1.09. The molecule has 0 aliphatic carbocycles. The molecule has 0 atom stereocenters. The van der Waals surface area contributed by atoms with Gasteiger partial charge in [-0.15, -0.1) is 0 Å². The summed E-state index contributed by atoms with van der Waals surface area (Å²) in [7, 11) is -3.41. The van der Waals surface area contributed by atoms with Crippen molar-refractivity contribution < 1.29 is 13.2 Å². The van der Waals surface area contributed by atoms with Crippen molar-refractivity contribution in [3.63, 3.8) is 0 Å². The zero-order valence-corrected chi connectivity index (χ0v) is 13.0. The first-order valence-corrected chi connectivity index (χ1v) is 8.24. The largest absolute Gasteiger partial charge is 0.335 e. The Morgan fingerprint density at radius 2 is 1.85 bits per heavy atom. The van der Waals surface area contributed by atoms with Gasteiger partial charge in [0.2, 0.25) is 0 Å². The summed E-state index contributed by atoms with van der Waals surface area (Å²) in [5, 5.41) is 0. The van der Waals surface area contributed by atoms with E-state index < -0.39 is 9.84 Å². The molecular formula is C15H21NO3S. The van der Waals surface area contributed by atoms with E-state index in [4.69, 9.17) is 0 Å². The van der Waals surface area contributed by atoms with Gasteiger partial charge in [0.1, 0.15) is 0 Å². The minimum atomic E-state index is -3.41. The Hall–Kier alpha value is -1.62. The first-order chi connectivity index (χ1) is 9.33. The average molecular weight is 295 g/mol. The molecule has 0 aliphatic heterocycles. The van der Waals surface area contributed by atoms with Crippen LogP contribution in [-0.2, 0) is 9.84 Å². The van der Waals surface area contributed by atoms with Crippen LogP contribution in [0.4, 0.5) is 0 Å². The van der Waals surface area contributed by atoms with E-state index >= 15 is 0 Å². The fraction of sp³-hybridized carbons (Fsp3) is 0.400. The number of benzene rings is 1. The summed E-state index contributed by atoms with van der Waals surface area (Å²) in [6.07, 6.45) is 0. The van der Waals surface area contributed by atoms with Crippen molar-refractivity contribution in [1.82, 2.24) is 4.90 Å². The molecule has 0 aromatic heterocycles. The highest BCUT2D eigenvalue weighted by molar-refractivity contribution is 7.91. The van der Waals surface area contributed by atoms with Gasteiger partial charge >= 0.3 is 0 Å². The first kappa shape index (κ1) is 16.4. The summed E-state index contributed by atoms with van der Waals surface area (Å²) in [4.78, 5) is 14.2. The molecule has 20 heavy (non-hydrogen) atoms. The molecule has 110 valence electrons. The van der Waals surface area contributed by atoms with Crippen LogP contribution < -0.4 is 0 Å². The number of hydrogen-bond donors (Lipinski definition) is 0. The molecule has 0 heterocycles. The zero-order chi connectivity index (χ0) is 15.3. The van der Waals surface area contributed by atoms with E-state index in [1.807, 2.05) is 13.8 Å². The van der Waals surface area contributed by atoms with Crippen molar-refractivity contribution in [3.8, 4) is 0 Å². The van der Waals surface area contributed by atoms with Gasteiger partial charge in [0.05, 0.1) is 16.2 Å². The number of likely N-dealkylation sites (N-methyl/N-ethyl adjacent to an activating group) is 1. The standard InChI is InChI=1S/C15H21NO3S/c1-5-16(11-12(3)4)15(17)13-9-7-8-10-14(13)20(18,19)6-2/h7-10H,3,5-6,11H2,1-2,4H3. The zero-order valence-electron chi connectivity index (χ0n) is 12.2. The van der Waals surface area contributed by atoms with Crippen molar-refractivity contribution in [2.24, 2.45) is 0 Å². The highest BCUT2D eigenvalue weighted by atomic mass is 32.2. The summed E-state index contributed by atoms with van der Waals surface area (Å²) < 4.78 is 24.1. The Morgan fingerprint density at radius 3 is 2.35 bits per heavy atom. The van der Waals surface area contributed by atoms with E-state index in [1.165, 1.54) is 6.07 Å².